The van der Waals surface area contributed by atoms with E-state index in [4.69, 9.17) is 4.74 Å². The molecule has 4 nitrogen and oxygen atoms in total. The predicted molar refractivity (Wildman–Crippen MR) is 87.4 cm³/mol. The van der Waals surface area contributed by atoms with Crippen molar-refractivity contribution in [3.05, 3.63) is 28.2 Å². The third-order valence-electron chi connectivity index (χ3n) is 3.56. The Labute approximate surface area is 134 Å². The van der Waals surface area contributed by atoms with Crippen molar-refractivity contribution in [3.8, 4) is 5.75 Å². The molecule has 1 aromatic rings. The zero-order chi connectivity index (χ0) is 15.2. The standard InChI is InChI=1S/C16H23BrN2O2/c1-3-11(2)19-16(20)10-21-15-7-4-13(17)8-12(15)9-18-14-5-6-14/h4,7-8,11,14,18H,3,5-6,9-10H2,1-2H3,(H,19,20). The maximum absolute atomic E-state index is 11.8. The van der Waals surface area contributed by atoms with E-state index < -0.39 is 0 Å². The molecule has 0 radical (unpaired) electrons. The van der Waals surface area contributed by atoms with Gasteiger partial charge in [-0.3, -0.25) is 4.79 Å². The van der Waals surface area contributed by atoms with E-state index in [-0.39, 0.29) is 18.6 Å². The summed E-state index contributed by atoms with van der Waals surface area (Å²) in [5, 5.41) is 6.37. The molecule has 1 aliphatic carbocycles. The molecule has 21 heavy (non-hydrogen) atoms. The summed E-state index contributed by atoms with van der Waals surface area (Å²) in [5.74, 6) is 0.694. The monoisotopic (exact) mass is 354 g/mol. The molecule has 1 unspecified atom stereocenters. The second kappa shape index (κ2) is 7.80. The molecule has 5 heteroatoms. The van der Waals surface area contributed by atoms with Gasteiger partial charge >= 0.3 is 0 Å². The summed E-state index contributed by atoms with van der Waals surface area (Å²) in [6.07, 6.45) is 3.42. The molecule has 1 fully saturated rings. The first-order valence-electron chi connectivity index (χ1n) is 7.52. The number of ether oxygens (including phenoxy) is 1. The van der Waals surface area contributed by atoms with Crippen molar-refractivity contribution >= 4 is 21.8 Å². The molecular formula is C16H23BrN2O2. The molecule has 0 aromatic heterocycles. The topological polar surface area (TPSA) is 50.4 Å². The van der Waals surface area contributed by atoms with E-state index in [0.717, 1.165) is 28.8 Å². The molecule has 2 N–H and O–H groups in total. The average Bonchev–Trinajstić information content (AvgIpc) is 3.28. The van der Waals surface area contributed by atoms with E-state index in [1.165, 1.54) is 12.8 Å². The van der Waals surface area contributed by atoms with Crippen LogP contribution < -0.4 is 15.4 Å². The maximum atomic E-state index is 11.8. The van der Waals surface area contributed by atoms with Gasteiger partial charge in [-0.1, -0.05) is 22.9 Å². The van der Waals surface area contributed by atoms with E-state index in [9.17, 15) is 4.79 Å². The number of carbonyl (C=O) groups excluding carboxylic acids is 1. The normalized spacial score (nSPS) is 15.6. The predicted octanol–water partition coefficient (Wildman–Crippen LogP) is 2.99. The Balaban J connectivity index is 1.89. The molecular weight excluding hydrogens is 332 g/mol. The zero-order valence-electron chi connectivity index (χ0n) is 12.6. The number of amides is 1. The van der Waals surface area contributed by atoms with Gasteiger partial charge in [-0.2, -0.15) is 0 Å². The Morgan fingerprint density at radius 1 is 1.48 bits per heavy atom. The lowest BCUT2D eigenvalue weighted by Crippen LogP contribution is -2.35. The fraction of sp³-hybridized carbons (Fsp3) is 0.562. The van der Waals surface area contributed by atoms with E-state index in [1.807, 2.05) is 32.0 Å². The molecule has 1 aliphatic rings. The molecule has 0 bridgehead atoms. The summed E-state index contributed by atoms with van der Waals surface area (Å²) in [6.45, 7) is 4.86. The largest absolute Gasteiger partial charge is 0.483 e. The Bertz CT molecular complexity index is 489. The SMILES string of the molecule is CCC(C)NC(=O)COc1ccc(Br)cc1CNC1CC1. The van der Waals surface area contributed by atoms with E-state index in [1.54, 1.807) is 0 Å². The highest BCUT2D eigenvalue weighted by Gasteiger charge is 2.20. The minimum atomic E-state index is -0.0756. The fourth-order valence-electron chi connectivity index (χ4n) is 1.93. The van der Waals surface area contributed by atoms with Gasteiger partial charge in [0, 0.05) is 28.7 Å². The van der Waals surface area contributed by atoms with Gasteiger partial charge in [0.1, 0.15) is 5.75 Å². The van der Waals surface area contributed by atoms with Crippen LogP contribution in [-0.4, -0.2) is 24.6 Å². The van der Waals surface area contributed by atoms with Crippen molar-refractivity contribution in [3.63, 3.8) is 0 Å². The van der Waals surface area contributed by atoms with Crippen molar-refractivity contribution in [2.24, 2.45) is 0 Å². The highest BCUT2D eigenvalue weighted by atomic mass is 79.9. The van der Waals surface area contributed by atoms with Crippen LogP contribution in [0.1, 0.15) is 38.7 Å². The van der Waals surface area contributed by atoms with Gasteiger partial charge in [0.15, 0.2) is 6.61 Å². The highest BCUT2D eigenvalue weighted by molar-refractivity contribution is 9.10. The third-order valence-corrected chi connectivity index (χ3v) is 4.05. The highest BCUT2D eigenvalue weighted by Crippen LogP contribution is 2.25. The van der Waals surface area contributed by atoms with Gasteiger partial charge in [-0.25, -0.2) is 0 Å². The molecule has 1 atom stereocenters. The zero-order valence-corrected chi connectivity index (χ0v) is 14.2. The van der Waals surface area contributed by atoms with E-state index in [2.05, 4.69) is 26.6 Å². The summed E-state index contributed by atoms with van der Waals surface area (Å²) >= 11 is 3.48. The average molecular weight is 355 g/mol. The summed E-state index contributed by atoms with van der Waals surface area (Å²) < 4.78 is 6.70. The molecule has 0 aliphatic heterocycles. The van der Waals surface area contributed by atoms with Gasteiger partial charge in [-0.15, -0.1) is 0 Å². The van der Waals surface area contributed by atoms with Crippen molar-refractivity contribution < 1.29 is 9.53 Å². The van der Waals surface area contributed by atoms with Crippen LogP contribution in [0.2, 0.25) is 0 Å². The number of benzene rings is 1. The van der Waals surface area contributed by atoms with Crippen LogP contribution >= 0.6 is 15.9 Å². The van der Waals surface area contributed by atoms with Crippen LogP contribution in [0.25, 0.3) is 0 Å². The maximum Gasteiger partial charge on any atom is 0.258 e. The van der Waals surface area contributed by atoms with Crippen LogP contribution in [0.3, 0.4) is 0 Å². The second-order valence-electron chi connectivity index (χ2n) is 5.57. The van der Waals surface area contributed by atoms with Crippen molar-refractivity contribution in [1.82, 2.24) is 10.6 Å². The fourth-order valence-corrected chi connectivity index (χ4v) is 2.34. The van der Waals surface area contributed by atoms with Crippen LogP contribution in [-0.2, 0) is 11.3 Å². The van der Waals surface area contributed by atoms with Crippen molar-refractivity contribution in [2.75, 3.05) is 6.61 Å². The number of halogens is 1. The van der Waals surface area contributed by atoms with Crippen LogP contribution in [0, 0.1) is 0 Å². The molecule has 2 rings (SSSR count). The number of rotatable bonds is 8. The van der Waals surface area contributed by atoms with Crippen molar-refractivity contribution in [1.29, 1.82) is 0 Å². The van der Waals surface area contributed by atoms with Gasteiger partial charge in [0.05, 0.1) is 0 Å². The molecule has 1 aromatic carbocycles. The van der Waals surface area contributed by atoms with Crippen molar-refractivity contribution in [2.45, 2.75) is 51.7 Å². The second-order valence-corrected chi connectivity index (χ2v) is 6.49. The number of hydrogen-bond donors (Lipinski definition) is 2. The Hall–Kier alpha value is -1.07. The quantitative estimate of drug-likeness (QED) is 0.754. The Morgan fingerprint density at radius 2 is 2.24 bits per heavy atom. The van der Waals surface area contributed by atoms with Gasteiger partial charge < -0.3 is 15.4 Å². The lowest BCUT2D eigenvalue weighted by atomic mass is 10.2. The van der Waals surface area contributed by atoms with Gasteiger partial charge in [-0.05, 0) is 44.4 Å². The molecule has 116 valence electrons. The first kappa shape index (κ1) is 16.3. The van der Waals surface area contributed by atoms with E-state index in [0.29, 0.717) is 6.04 Å². The number of carbonyl (C=O) groups is 1. The number of nitrogens with one attached hydrogen (secondary N) is 2. The van der Waals surface area contributed by atoms with Gasteiger partial charge in [0.25, 0.3) is 5.91 Å². The number of hydrogen-bond acceptors (Lipinski definition) is 3. The summed E-state index contributed by atoms with van der Waals surface area (Å²) in [7, 11) is 0. The van der Waals surface area contributed by atoms with Crippen LogP contribution in [0.5, 0.6) is 5.75 Å². The minimum Gasteiger partial charge on any atom is -0.483 e. The lowest BCUT2D eigenvalue weighted by molar-refractivity contribution is -0.123. The summed E-state index contributed by atoms with van der Waals surface area (Å²) in [5.41, 5.74) is 1.08. The molecule has 0 saturated heterocycles. The molecule has 1 amide bonds. The Morgan fingerprint density at radius 3 is 2.90 bits per heavy atom. The first-order valence-corrected chi connectivity index (χ1v) is 8.31. The molecule has 0 spiro atoms. The summed E-state index contributed by atoms with van der Waals surface area (Å²) in [4.78, 5) is 11.8. The summed E-state index contributed by atoms with van der Waals surface area (Å²) in [6, 6.07) is 6.71. The third kappa shape index (κ3) is 5.67. The minimum absolute atomic E-state index is 0.0579. The molecule has 0 heterocycles. The molecule has 1 saturated carbocycles. The van der Waals surface area contributed by atoms with E-state index >= 15 is 0 Å². The lowest BCUT2D eigenvalue weighted by Gasteiger charge is -2.14. The first-order chi connectivity index (χ1) is 10.1. The smallest absolute Gasteiger partial charge is 0.258 e. The Kier molecular flexibility index (Phi) is 6.06. The van der Waals surface area contributed by atoms with Crippen LogP contribution in [0.15, 0.2) is 22.7 Å². The van der Waals surface area contributed by atoms with Gasteiger partial charge in [0.2, 0.25) is 0 Å². The van der Waals surface area contributed by atoms with Crippen LogP contribution in [0.4, 0.5) is 0 Å².